The molecule has 3 aromatic rings. The Morgan fingerprint density at radius 3 is 2.06 bits per heavy atom. The number of aromatic nitrogens is 2. The molecule has 2 aromatic carbocycles. The molecule has 10 nitrogen and oxygen atoms in total. The number of hydrogen-bond acceptors (Lipinski definition) is 8. The number of ether oxygens (including phenoxy) is 2. The van der Waals surface area contributed by atoms with Crippen LogP contribution in [0.5, 0.6) is 11.8 Å². The van der Waals surface area contributed by atoms with Crippen LogP contribution in [-0.2, 0) is 10.0 Å². The summed E-state index contributed by atoms with van der Waals surface area (Å²) in [7, 11) is -0.894. The van der Waals surface area contributed by atoms with Gasteiger partial charge >= 0.3 is 6.03 Å². The van der Waals surface area contributed by atoms with E-state index in [9.17, 15) is 13.2 Å². The zero-order chi connectivity index (χ0) is 25.7. The number of carbonyl (C=O) groups is 1. The molecule has 1 unspecified atom stereocenters. The van der Waals surface area contributed by atoms with Gasteiger partial charge in [-0.15, -0.1) is 0 Å². The van der Waals surface area contributed by atoms with E-state index in [0.717, 1.165) is 11.1 Å². The summed E-state index contributed by atoms with van der Waals surface area (Å²) in [5.74, 6) is 1.28. The first-order valence-corrected chi connectivity index (χ1v) is 12.9. The van der Waals surface area contributed by atoms with Gasteiger partial charge < -0.3 is 14.4 Å². The number of nitrogens with one attached hydrogen (secondary N) is 1. The number of piperazine rings is 1. The van der Waals surface area contributed by atoms with Gasteiger partial charge in [-0.25, -0.2) is 17.9 Å². The summed E-state index contributed by atoms with van der Waals surface area (Å²) in [5, 5.41) is 0. The minimum absolute atomic E-state index is 0.0494. The molecule has 1 saturated heterocycles. The van der Waals surface area contributed by atoms with Crippen LogP contribution in [0.2, 0.25) is 0 Å². The maximum absolute atomic E-state index is 12.8. The average molecular weight is 512 g/mol. The van der Waals surface area contributed by atoms with Crippen molar-refractivity contribution < 1.29 is 22.7 Å². The van der Waals surface area contributed by atoms with Crippen molar-refractivity contribution in [3.8, 4) is 11.8 Å². The fourth-order valence-corrected chi connectivity index (χ4v) is 5.02. The van der Waals surface area contributed by atoms with Crippen LogP contribution in [-0.4, -0.2) is 74.6 Å². The molecular formula is C25H29N5O5S. The standard InChI is InChI=1S/C25H29N5O5S/c1-18-9-11-20(12-10-18)36(32,33)28-25(31)30-15-13-29(14-16-30)23(19-7-5-4-6-8-19)24-26-21(34-2)17-22(27-24)35-3/h4-12,17,23H,13-16H2,1-3H3,(H,28,31). The summed E-state index contributed by atoms with van der Waals surface area (Å²) in [5.41, 5.74) is 1.91. The van der Waals surface area contributed by atoms with Gasteiger partial charge in [0.2, 0.25) is 11.8 Å². The van der Waals surface area contributed by atoms with Gasteiger partial charge in [-0.3, -0.25) is 4.90 Å². The topological polar surface area (TPSA) is 114 Å². The Morgan fingerprint density at radius 2 is 1.50 bits per heavy atom. The van der Waals surface area contributed by atoms with Crippen LogP contribution in [0.3, 0.4) is 0 Å². The second kappa shape index (κ2) is 10.9. The van der Waals surface area contributed by atoms with Crippen molar-refractivity contribution in [1.29, 1.82) is 0 Å². The third kappa shape index (κ3) is 5.74. The van der Waals surface area contributed by atoms with Crippen LogP contribution in [0.4, 0.5) is 4.79 Å². The van der Waals surface area contributed by atoms with E-state index in [4.69, 9.17) is 9.47 Å². The second-order valence-corrected chi connectivity index (χ2v) is 10.1. The van der Waals surface area contributed by atoms with Gasteiger partial charge in [0.05, 0.1) is 31.2 Å². The lowest BCUT2D eigenvalue weighted by Crippen LogP contribution is -2.53. The summed E-state index contributed by atoms with van der Waals surface area (Å²) in [6, 6.07) is 16.8. The number of carbonyl (C=O) groups excluding carboxylic acids is 1. The third-order valence-electron chi connectivity index (χ3n) is 5.99. The predicted octanol–water partition coefficient (Wildman–Crippen LogP) is 2.61. The van der Waals surface area contributed by atoms with Crippen molar-refractivity contribution in [2.45, 2.75) is 17.9 Å². The fourth-order valence-electron chi connectivity index (χ4n) is 4.05. The zero-order valence-electron chi connectivity index (χ0n) is 20.4. The van der Waals surface area contributed by atoms with E-state index >= 15 is 0 Å². The number of benzene rings is 2. The third-order valence-corrected chi connectivity index (χ3v) is 7.33. The van der Waals surface area contributed by atoms with E-state index in [1.807, 2.05) is 37.3 Å². The maximum atomic E-state index is 12.8. The number of urea groups is 1. The van der Waals surface area contributed by atoms with E-state index in [0.29, 0.717) is 43.8 Å². The van der Waals surface area contributed by atoms with Crippen molar-refractivity contribution in [3.05, 3.63) is 77.6 Å². The van der Waals surface area contributed by atoms with E-state index in [2.05, 4.69) is 19.6 Å². The van der Waals surface area contributed by atoms with Gasteiger partial charge in [0.15, 0.2) is 5.82 Å². The molecule has 1 aliphatic heterocycles. The summed E-state index contributed by atoms with van der Waals surface area (Å²) in [6.07, 6.45) is 0. The first-order chi connectivity index (χ1) is 17.3. The molecule has 36 heavy (non-hydrogen) atoms. The van der Waals surface area contributed by atoms with Gasteiger partial charge in [-0.1, -0.05) is 48.0 Å². The molecule has 2 amide bonds. The molecule has 2 heterocycles. The fraction of sp³-hybridized carbons (Fsp3) is 0.320. The molecule has 0 saturated carbocycles. The number of nitrogens with zero attached hydrogens (tertiary/aromatic N) is 4. The van der Waals surface area contributed by atoms with E-state index < -0.39 is 16.1 Å². The van der Waals surface area contributed by atoms with Crippen LogP contribution in [0.1, 0.15) is 23.0 Å². The molecule has 0 spiro atoms. The van der Waals surface area contributed by atoms with Gasteiger partial charge in [-0.05, 0) is 24.6 Å². The zero-order valence-corrected chi connectivity index (χ0v) is 21.2. The highest BCUT2D eigenvalue weighted by Crippen LogP contribution is 2.30. The molecule has 4 rings (SSSR count). The normalized spacial score (nSPS) is 15.2. The summed E-state index contributed by atoms with van der Waals surface area (Å²) >= 11 is 0. The van der Waals surface area contributed by atoms with Crippen LogP contribution in [0.15, 0.2) is 65.6 Å². The number of rotatable bonds is 7. The van der Waals surface area contributed by atoms with Crippen LogP contribution in [0, 0.1) is 6.92 Å². The van der Waals surface area contributed by atoms with Crippen LogP contribution in [0.25, 0.3) is 0 Å². The Bertz CT molecular complexity index is 1270. The number of aryl methyl sites for hydroxylation is 1. The Kier molecular flexibility index (Phi) is 7.70. The first-order valence-electron chi connectivity index (χ1n) is 11.4. The molecule has 0 bridgehead atoms. The molecule has 1 aromatic heterocycles. The SMILES string of the molecule is COc1cc(OC)nc(C(c2ccccc2)N2CCN(C(=O)NS(=O)(=O)c3ccc(C)cc3)CC2)n1. The summed E-state index contributed by atoms with van der Waals surface area (Å²) in [4.78, 5) is 25.6. The number of sulfonamides is 1. The maximum Gasteiger partial charge on any atom is 0.331 e. The van der Waals surface area contributed by atoms with E-state index in [1.54, 1.807) is 18.2 Å². The average Bonchev–Trinajstić information content (AvgIpc) is 2.89. The highest BCUT2D eigenvalue weighted by Gasteiger charge is 2.32. The van der Waals surface area contributed by atoms with Crippen LogP contribution < -0.4 is 14.2 Å². The molecule has 0 radical (unpaired) electrons. The first kappa shape index (κ1) is 25.4. The van der Waals surface area contributed by atoms with E-state index in [1.165, 1.54) is 31.3 Å². The van der Waals surface area contributed by atoms with Crippen molar-refractivity contribution in [1.82, 2.24) is 24.5 Å². The Labute approximate surface area is 210 Å². The molecule has 0 aliphatic carbocycles. The summed E-state index contributed by atoms with van der Waals surface area (Å²) in [6.45, 7) is 3.50. The molecular weight excluding hydrogens is 482 g/mol. The van der Waals surface area contributed by atoms with Crippen LogP contribution >= 0.6 is 0 Å². The molecule has 1 N–H and O–H groups in total. The number of amides is 2. The second-order valence-electron chi connectivity index (χ2n) is 8.37. The molecule has 190 valence electrons. The van der Waals surface area contributed by atoms with Crippen molar-refractivity contribution in [3.63, 3.8) is 0 Å². The smallest absolute Gasteiger partial charge is 0.331 e. The lowest BCUT2D eigenvalue weighted by Gasteiger charge is -2.38. The van der Waals surface area contributed by atoms with Crippen molar-refractivity contribution in [2.24, 2.45) is 0 Å². The minimum Gasteiger partial charge on any atom is -0.481 e. The molecule has 1 atom stereocenters. The van der Waals surface area contributed by atoms with Gasteiger partial charge in [0.1, 0.15) is 0 Å². The molecule has 1 fully saturated rings. The largest absolute Gasteiger partial charge is 0.481 e. The van der Waals surface area contributed by atoms with Crippen molar-refractivity contribution >= 4 is 16.1 Å². The van der Waals surface area contributed by atoms with Crippen molar-refractivity contribution in [2.75, 3.05) is 40.4 Å². The summed E-state index contributed by atoms with van der Waals surface area (Å²) < 4.78 is 38.2. The highest BCUT2D eigenvalue weighted by atomic mass is 32.2. The Hall–Kier alpha value is -3.70. The highest BCUT2D eigenvalue weighted by molar-refractivity contribution is 7.90. The monoisotopic (exact) mass is 511 g/mol. The number of methoxy groups -OCH3 is 2. The predicted molar refractivity (Wildman–Crippen MR) is 133 cm³/mol. The Balaban J connectivity index is 1.51. The molecule has 11 heteroatoms. The van der Waals surface area contributed by atoms with Gasteiger partial charge in [-0.2, -0.15) is 9.97 Å². The lowest BCUT2D eigenvalue weighted by atomic mass is 10.0. The minimum atomic E-state index is -3.96. The molecule has 1 aliphatic rings. The lowest BCUT2D eigenvalue weighted by molar-refractivity contribution is 0.119. The Morgan fingerprint density at radius 1 is 0.917 bits per heavy atom. The van der Waals surface area contributed by atoms with Gasteiger partial charge in [0, 0.05) is 26.2 Å². The number of hydrogen-bond donors (Lipinski definition) is 1. The van der Waals surface area contributed by atoms with E-state index in [-0.39, 0.29) is 10.9 Å². The van der Waals surface area contributed by atoms with Gasteiger partial charge in [0.25, 0.3) is 10.0 Å². The quantitative estimate of drug-likeness (QED) is 0.515.